The van der Waals surface area contributed by atoms with Crippen LogP contribution in [-0.4, -0.2) is 53.8 Å². The van der Waals surface area contributed by atoms with Crippen LogP contribution in [0.1, 0.15) is 52.9 Å². The van der Waals surface area contributed by atoms with Crippen molar-refractivity contribution in [3.05, 3.63) is 129 Å². The average molecular weight is 644 g/mol. The summed E-state index contributed by atoms with van der Waals surface area (Å²) in [7, 11) is 0. The highest BCUT2D eigenvalue weighted by Crippen LogP contribution is 2.33. The lowest BCUT2D eigenvalue weighted by Gasteiger charge is -2.42. The Labute approximate surface area is 276 Å². The third-order valence-corrected chi connectivity index (χ3v) is 9.26. The number of amides is 2. The molecule has 5 rings (SSSR count). The van der Waals surface area contributed by atoms with E-state index in [0.29, 0.717) is 28.7 Å². The number of hydrogen-bond acceptors (Lipinski definition) is 4. The molecule has 1 aliphatic rings. The van der Waals surface area contributed by atoms with Crippen molar-refractivity contribution in [1.29, 1.82) is 0 Å². The second-order valence-electron chi connectivity index (χ2n) is 11.6. The molecule has 0 aliphatic carbocycles. The first-order valence-corrected chi connectivity index (χ1v) is 16.3. The Morgan fingerprint density at radius 2 is 1.62 bits per heavy atom. The van der Waals surface area contributed by atoms with E-state index in [1.54, 1.807) is 12.1 Å². The van der Waals surface area contributed by atoms with E-state index < -0.39 is 0 Å². The van der Waals surface area contributed by atoms with Crippen LogP contribution < -0.4 is 11.1 Å². The van der Waals surface area contributed by atoms with Crippen LogP contribution in [-0.2, 0) is 17.8 Å². The van der Waals surface area contributed by atoms with Crippen LogP contribution in [0.15, 0.2) is 97.1 Å². The summed E-state index contributed by atoms with van der Waals surface area (Å²) in [6.07, 6.45) is 2.00. The first kappa shape index (κ1) is 32.7. The highest BCUT2D eigenvalue weighted by molar-refractivity contribution is 6.42. The molecule has 45 heavy (non-hydrogen) atoms. The predicted molar refractivity (Wildman–Crippen MR) is 183 cm³/mol. The van der Waals surface area contributed by atoms with Crippen LogP contribution in [0.4, 0.5) is 0 Å². The average Bonchev–Trinajstić information content (AvgIpc) is 3.06. The van der Waals surface area contributed by atoms with Gasteiger partial charge in [-0.05, 0) is 71.8 Å². The minimum absolute atomic E-state index is 0.0503. The van der Waals surface area contributed by atoms with Crippen molar-refractivity contribution in [2.24, 2.45) is 5.73 Å². The number of benzene rings is 4. The van der Waals surface area contributed by atoms with Crippen molar-refractivity contribution in [1.82, 2.24) is 15.1 Å². The highest BCUT2D eigenvalue weighted by atomic mass is 35.5. The van der Waals surface area contributed by atoms with Gasteiger partial charge in [-0.15, -0.1) is 0 Å². The van der Waals surface area contributed by atoms with Gasteiger partial charge in [0.2, 0.25) is 5.91 Å². The third kappa shape index (κ3) is 8.33. The molecule has 2 amide bonds. The molecule has 0 aromatic heterocycles. The van der Waals surface area contributed by atoms with Crippen LogP contribution >= 0.6 is 23.2 Å². The molecule has 0 bridgehead atoms. The molecule has 1 saturated heterocycles. The lowest BCUT2D eigenvalue weighted by molar-refractivity contribution is -0.136. The third-order valence-electron chi connectivity index (χ3n) is 8.53. The molecule has 1 heterocycles. The number of rotatable bonds is 11. The van der Waals surface area contributed by atoms with E-state index in [2.05, 4.69) is 58.4 Å². The van der Waals surface area contributed by atoms with E-state index in [9.17, 15) is 9.59 Å². The Kier molecular flexibility index (Phi) is 11.3. The zero-order valence-corrected chi connectivity index (χ0v) is 27.1. The van der Waals surface area contributed by atoms with Gasteiger partial charge in [-0.1, -0.05) is 96.0 Å². The quantitative estimate of drug-likeness (QED) is 0.182. The van der Waals surface area contributed by atoms with E-state index in [-0.39, 0.29) is 30.3 Å². The Morgan fingerprint density at radius 3 is 2.36 bits per heavy atom. The zero-order chi connectivity index (χ0) is 31.8. The summed E-state index contributed by atoms with van der Waals surface area (Å²) >= 11 is 12.5. The Hall–Kier alpha value is -3.68. The van der Waals surface area contributed by atoms with Crippen molar-refractivity contribution < 1.29 is 9.59 Å². The maximum absolute atomic E-state index is 14.2. The summed E-state index contributed by atoms with van der Waals surface area (Å²) < 4.78 is 0. The maximum atomic E-state index is 14.2. The Balaban J connectivity index is 1.41. The van der Waals surface area contributed by atoms with Crippen molar-refractivity contribution in [2.45, 2.75) is 44.8 Å². The molecule has 1 fully saturated rings. The number of nitrogens with zero attached hydrogens (tertiary/aromatic N) is 2. The molecule has 234 valence electrons. The first-order chi connectivity index (χ1) is 21.8. The van der Waals surface area contributed by atoms with Crippen LogP contribution in [0.3, 0.4) is 0 Å². The smallest absolute Gasteiger partial charge is 0.251 e. The van der Waals surface area contributed by atoms with Gasteiger partial charge in [-0.2, -0.15) is 0 Å². The van der Waals surface area contributed by atoms with Gasteiger partial charge < -0.3 is 16.0 Å². The van der Waals surface area contributed by atoms with Gasteiger partial charge in [0, 0.05) is 44.3 Å². The second kappa shape index (κ2) is 15.5. The van der Waals surface area contributed by atoms with E-state index >= 15 is 0 Å². The summed E-state index contributed by atoms with van der Waals surface area (Å²) in [5, 5.41) is 3.80. The molecule has 8 heteroatoms. The number of carbonyl (C=O) groups is 2. The summed E-state index contributed by atoms with van der Waals surface area (Å²) in [6, 6.07) is 31.5. The lowest BCUT2D eigenvalue weighted by atomic mass is 9.93. The summed E-state index contributed by atoms with van der Waals surface area (Å²) in [5.74, 6) is -0.107. The number of nitrogens with two attached hydrogens (primary N) is 1. The fourth-order valence-electron chi connectivity index (χ4n) is 6.19. The minimum Gasteiger partial charge on any atom is -0.351 e. The number of likely N-dealkylation sites (tertiary alicyclic amines) is 1. The van der Waals surface area contributed by atoms with Gasteiger partial charge in [-0.25, -0.2) is 0 Å². The molecule has 1 atom stereocenters. The minimum atomic E-state index is -0.191. The molecule has 4 aromatic carbocycles. The number of nitrogens with one attached hydrogen (secondary N) is 1. The fourth-order valence-corrected chi connectivity index (χ4v) is 6.51. The van der Waals surface area contributed by atoms with E-state index in [1.807, 2.05) is 48.5 Å². The van der Waals surface area contributed by atoms with Gasteiger partial charge in [-0.3, -0.25) is 14.5 Å². The Morgan fingerprint density at radius 1 is 0.889 bits per heavy atom. The molecule has 0 spiro atoms. The van der Waals surface area contributed by atoms with Crippen LogP contribution in [0.25, 0.3) is 11.1 Å². The van der Waals surface area contributed by atoms with E-state index in [1.165, 1.54) is 5.56 Å². The van der Waals surface area contributed by atoms with E-state index in [4.69, 9.17) is 28.9 Å². The molecule has 3 N–H and O–H groups in total. The monoisotopic (exact) mass is 642 g/mol. The lowest BCUT2D eigenvalue weighted by Crippen LogP contribution is -2.48. The maximum Gasteiger partial charge on any atom is 0.251 e. The van der Waals surface area contributed by atoms with Gasteiger partial charge in [0.25, 0.3) is 5.91 Å². The number of hydrogen-bond donors (Lipinski definition) is 2. The van der Waals surface area contributed by atoms with Crippen molar-refractivity contribution >= 4 is 35.0 Å². The van der Waals surface area contributed by atoms with Crippen molar-refractivity contribution in [2.75, 3.05) is 26.2 Å². The molecular formula is C37H40Cl2N4O2. The number of piperidine rings is 1. The van der Waals surface area contributed by atoms with Gasteiger partial charge in [0.1, 0.15) is 0 Å². The normalized spacial score (nSPS) is 14.6. The summed E-state index contributed by atoms with van der Waals surface area (Å²) in [4.78, 5) is 31.6. The molecule has 6 nitrogen and oxygen atoms in total. The molecule has 0 radical (unpaired) electrons. The van der Waals surface area contributed by atoms with Crippen LogP contribution in [0, 0.1) is 0 Å². The van der Waals surface area contributed by atoms with Crippen molar-refractivity contribution in [3.63, 3.8) is 0 Å². The SMILES string of the molecule is CC(c1cccc(-c2ccccc2C(=O)NCCN)c1)N(C(=O)Cc1ccc(Cl)c(Cl)c1)C1CCN(Cc2ccccc2)CC1. The summed E-state index contributed by atoms with van der Waals surface area (Å²) in [5.41, 5.74) is 11.1. The summed E-state index contributed by atoms with van der Waals surface area (Å²) in [6.45, 7) is 5.60. The highest BCUT2D eigenvalue weighted by Gasteiger charge is 2.32. The second-order valence-corrected chi connectivity index (χ2v) is 12.4. The fraction of sp³-hybridized carbons (Fsp3) is 0.297. The van der Waals surface area contributed by atoms with Crippen LogP contribution in [0.2, 0.25) is 10.0 Å². The largest absolute Gasteiger partial charge is 0.351 e. The van der Waals surface area contributed by atoms with Crippen molar-refractivity contribution in [3.8, 4) is 11.1 Å². The standard InChI is InChI=1S/C37H40Cl2N4O2/c1-26(29-10-7-11-30(24-29)32-12-5-6-13-33(32)37(45)41-19-18-40)43(36(44)23-28-14-15-34(38)35(39)22-28)31-16-20-42(21-17-31)25-27-8-3-2-4-9-27/h2-15,22,24,26,31H,16-21,23,25,40H2,1H3,(H,41,45). The van der Waals surface area contributed by atoms with E-state index in [0.717, 1.165) is 54.7 Å². The molecule has 4 aromatic rings. The predicted octanol–water partition coefficient (Wildman–Crippen LogP) is 7.15. The molecule has 1 aliphatic heterocycles. The topological polar surface area (TPSA) is 78.7 Å². The van der Waals surface area contributed by atoms with Gasteiger partial charge >= 0.3 is 0 Å². The first-order valence-electron chi connectivity index (χ1n) is 15.5. The molecule has 0 saturated carbocycles. The molecular weight excluding hydrogens is 603 g/mol. The molecule has 1 unspecified atom stereocenters. The number of carbonyl (C=O) groups excluding carboxylic acids is 2. The van der Waals surface area contributed by atoms with Gasteiger partial charge in [0.05, 0.1) is 22.5 Å². The van der Waals surface area contributed by atoms with Crippen LogP contribution in [0.5, 0.6) is 0 Å². The van der Waals surface area contributed by atoms with Gasteiger partial charge in [0.15, 0.2) is 0 Å². The number of halogens is 2. The zero-order valence-electron chi connectivity index (χ0n) is 25.6. The Bertz CT molecular complexity index is 1610.